The summed E-state index contributed by atoms with van der Waals surface area (Å²) < 4.78 is 15.2. The third-order valence-electron chi connectivity index (χ3n) is 2.46. The fraction of sp³-hybridized carbons (Fsp3) is 0.182. The first kappa shape index (κ1) is 12.8. The van der Waals surface area contributed by atoms with Gasteiger partial charge in [-0.25, -0.2) is 13.9 Å². The molecule has 1 amide bonds. The highest BCUT2D eigenvalue weighted by atomic mass is 19.1. The minimum atomic E-state index is -0.557. The fourth-order valence-electron chi connectivity index (χ4n) is 1.49. The molecular formula is C11H12FN5O2. The minimum Gasteiger partial charge on any atom is -0.396 e. The molecule has 2 aromatic rings. The van der Waals surface area contributed by atoms with Crippen LogP contribution in [0, 0.1) is 5.82 Å². The third-order valence-corrected chi connectivity index (χ3v) is 2.46. The van der Waals surface area contributed by atoms with Gasteiger partial charge >= 0.3 is 5.69 Å². The predicted molar refractivity (Wildman–Crippen MR) is 66.9 cm³/mol. The van der Waals surface area contributed by atoms with Crippen LogP contribution in [0.2, 0.25) is 0 Å². The second-order valence-corrected chi connectivity index (χ2v) is 3.97. The van der Waals surface area contributed by atoms with Crippen LogP contribution in [0.5, 0.6) is 0 Å². The van der Waals surface area contributed by atoms with Gasteiger partial charge in [-0.1, -0.05) is 0 Å². The van der Waals surface area contributed by atoms with Crippen LogP contribution in [0.25, 0.3) is 0 Å². The Hall–Kier alpha value is -2.64. The molecule has 1 heterocycles. The van der Waals surface area contributed by atoms with Gasteiger partial charge in [-0.05, 0) is 18.2 Å². The van der Waals surface area contributed by atoms with Crippen molar-refractivity contribution >= 4 is 17.3 Å². The lowest BCUT2D eigenvalue weighted by atomic mass is 10.2. The fourth-order valence-corrected chi connectivity index (χ4v) is 1.49. The molecule has 0 spiro atoms. The summed E-state index contributed by atoms with van der Waals surface area (Å²) in [5.74, 6) is -1.01. The average molecular weight is 265 g/mol. The molecule has 0 saturated heterocycles. The lowest BCUT2D eigenvalue weighted by Crippen LogP contribution is -2.29. The largest absolute Gasteiger partial charge is 0.396 e. The summed E-state index contributed by atoms with van der Waals surface area (Å²) >= 11 is 0. The molecule has 100 valence electrons. The van der Waals surface area contributed by atoms with Crippen LogP contribution in [0.15, 0.2) is 29.3 Å². The average Bonchev–Trinajstić information content (AvgIpc) is 2.66. The summed E-state index contributed by atoms with van der Waals surface area (Å²) in [6, 6.07) is 3.83. The number of nitrogens with one attached hydrogen (secondary N) is 1. The van der Waals surface area contributed by atoms with Gasteiger partial charge in [-0.3, -0.25) is 9.36 Å². The highest BCUT2D eigenvalue weighted by Crippen LogP contribution is 2.16. The monoisotopic (exact) mass is 265 g/mol. The first-order valence-electron chi connectivity index (χ1n) is 5.40. The molecule has 7 nitrogen and oxygen atoms in total. The molecule has 0 fully saturated rings. The number of anilines is 2. The molecular weight excluding hydrogens is 253 g/mol. The summed E-state index contributed by atoms with van der Waals surface area (Å²) in [5.41, 5.74) is 5.28. The number of nitrogen functional groups attached to an aromatic ring is 1. The van der Waals surface area contributed by atoms with Gasteiger partial charge < -0.3 is 11.1 Å². The zero-order valence-corrected chi connectivity index (χ0v) is 10.1. The quantitative estimate of drug-likeness (QED) is 0.760. The number of rotatable bonds is 3. The van der Waals surface area contributed by atoms with E-state index in [9.17, 15) is 14.0 Å². The van der Waals surface area contributed by atoms with Gasteiger partial charge in [0.2, 0.25) is 5.91 Å². The van der Waals surface area contributed by atoms with Crippen molar-refractivity contribution in [1.82, 2.24) is 14.3 Å². The van der Waals surface area contributed by atoms with E-state index >= 15 is 0 Å². The number of aryl methyl sites for hydroxylation is 1. The Morgan fingerprint density at radius 1 is 1.53 bits per heavy atom. The number of nitrogens with zero attached hydrogens (tertiary/aromatic N) is 3. The topological polar surface area (TPSA) is 94.9 Å². The van der Waals surface area contributed by atoms with Crippen molar-refractivity contribution in [1.29, 1.82) is 0 Å². The Kier molecular flexibility index (Phi) is 3.32. The minimum absolute atomic E-state index is 0.0622. The van der Waals surface area contributed by atoms with Crippen molar-refractivity contribution in [3.05, 3.63) is 40.8 Å². The van der Waals surface area contributed by atoms with Crippen LogP contribution >= 0.6 is 0 Å². The second-order valence-electron chi connectivity index (χ2n) is 3.97. The summed E-state index contributed by atoms with van der Waals surface area (Å²) in [7, 11) is 1.53. The first-order valence-corrected chi connectivity index (χ1v) is 5.40. The molecule has 0 atom stereocenters. The van der Waals surface area contributed by atoms with E-state index in [1.807, 2.05) is 0 Å². The van der Waals surface area contributed by atoms with E-state index in [4.69, 9.17) is 5.73 Å². The molecule has 0 unspecified atom stereocenters. The van der Waals surface area contributed by atoms with E-state index in [1.54, 1.807) is 0 Å². The number of aromatic nitrogens is 3. The van der Waals surface area contributed by atoms with Gasteiger partial charge in [-0.15, -0.1) is 0 Å². The van der Waals surface area contributed by atoms with E-state index in [0.717, 1.165) is 10.7 Å². The number of hydrogen-bond donors (Lipinski definition) is 2. The van der Waals surface area contributed by atoms with E-state index in [0.29, 0.717) is 5.69 Å². The van der Waals surface area contributed by atoms with E-state index in [-0.39, 0.29) is 12.2 Å². The summed E-state index contributed by atoms with van der Waals surface area (Å²) in [6.07, 6.45) is 1.31. The molecule has 0 radical (unpaired) electrons. The van der Waals surface area contributed by atoms with Crippen molar-refractivity contribution in [2.75, 3.05) is 11.1 Å². The number of hydrogen-bond acceptors (Lipinski definition) is 4. The Labute approximate surface area is 107 Å². The van der Waals surface area contributed by atoms with Crippen molar-refractivity contribution in [2.24, 2.45) is 7.05 Å². The molecule has 8 heteroatoms. The molecule has 0 aliphatic carbocycles. The smallest absolute Gasteiger partial charge is 0.345 e. The van der Waals surface area contributed by atoms with Crippen molar-refractivity contribution in [3.63, 3.8) is 0 Å². The van der Waals surface area contributed by atoms with Crippen LogP contribution in [-0.4, -0.2) is 20.3 Å². The molecule has 0 aliphatic heterocycles. The Balaban J connectivity index is 2.07. The Bertz CT molecular complexity index is 676. The maximum absolute atomic E-state index is 12.9. The van der Waals surface area contributed by atoms with Crippen LogP contribution in [0.4, 0.5) is 15.8 Å². The molecule has 1 aromatic carbocycles. The van der Waals surface area contributed by atoms with Crippen LogP contribution in [0.3, 0.4) is 0 Å². The van der Waals surface area contributed by atoms with Gasteiger partial charge in [-0.2, -0.15) is 5.10 Å². The van der Waals surface area contributed by atoms with Gasteiger partial charge in [0.1, 0.15) is 18.7 Å². The number of halogens is 1. The van der Waals surface area contributed by atoms with Gasteiger partial charge in [0.05, 0.1) is 5.69 Å². The lowest BCUT2D eigenvalue weighted by molar-refractivity contribution is -0.117. The Morgan fingerprint density at radius 2 is 2.26 bits per heavy atom. The number of benzene rings is 1. The molecule has 0 saturated carbocycles. The van der Waals surface area contributed by atoms with Crippen molar-refractivity contribution in [2.45, 2.75) is 6.54 Å². The van der Waals surface area contributed by atoms with E-state index in [2.05, 4.69) is 10.4 Å². The van der Waals surface area contributed by atoms with E-state index < -0.39 is 17.4 Å². The number of nitrogens with two attached hydrogens (primary N) is 1. The van der Waals surface area contributed by atoms with Crippen LogP contribution in [0.1, 0.15) is 0 Å². The SMILES string of the molecule is Cn1cnn(CC(=O)Nc2ccc(F)c(N)c2)c1=O. The number of carbonyl (C=O) groups excluding carboxylic acids is 1. The van der Waals surface area contributed by atoms with Gasteiger partial charge in [0.25, 0.3) is 0 Å². The molecule has 19 heavy (non-hydrogen) atoms. The molecule has 1 aromatic heterocycles. The second kappa shape index (κ2) is 4.92. The van der Waals surface area contributed by atoms with E-state index in [1.165, 1.54) is 30.1 Å². The third kappa shape index (κ3) is 2.79. The van der Waals surface area contributed by atoms with Crippen molar-refractivity contribution in [3.8, 4) is 0 Å². The highest BCUT2D eigenvalue weighted by Gasteiger charge is 2.09. The van der Waals surface area contributed by atoms with Crippen LogP contribution < -0.4 is 16.7 Å². The van der Waals surface area contributed by atoms with Crippen LogP contribution in [-0.2, 0) is 18.4 Å². The first-order chi connectivity index (χ1) is 8.97. The summed E-state index contributed by atoms with van der Waals surface area (Å²) in [6.45, 7) is -0.225. The lowest BCUT2D eigenvalue weighted by Gasteiger charge is -2.06. The maximum Gasteiger partial charge on any atom is 0.345 e. The normalized spacial score (nSPS) is 10.4. The highest BCUT2D eigenvalue weighted by molar-refractivity contribution is 5.90. The number of amides is 1. The molecule has 2 rings (SSSR count). The predicted octanol–water partition coefficient (Wildman–Crippen LogP) is -0.0582. The summed E-state index contributed by atoms with van der Waals surface area (Å²) in [5, 5.41) is 6.25. The molecule has 3 N–H and O–H groups in total. The maximum atomic E-state index is 12.9. The zero-order chi connectivity index (χ0) is 14.0. The Morgan fingerprint density at radius 3 is 2.84 bits per heavy atom. The number of carbonyl (C=O) groups is 1. The summed E-state index contributed by atoms with van der Waals surface area (Å²) in [4.78, 5) is 23.2. The molecule has 0 aliphatic rings. The van der Waals surface area contributed by atoms with Gasteiger partial charge in [0.15, 0.2) is 0 Å². The van der Waals surface area contributed by atoms with Crippen molar-refractivity contribution < 1.29 is 9.18 Å². The van der Waals surface area contributed by atoms with Gasteiger partial charge in [0, 0.05) is 12.7 Å². The molecule has 0 bridgehead atoms. The standard InChI is InChI=1S/C11H12FN5O2/c1-16-6-14-17(11(16)19)5-10(18)15-7-2-3-8(12)9(13)4-7/h2-4,6H,5,13H2,1H3,(H,15,18). The zero-order valence-electron chi connectivity index (χ0n) is 10.1.